The van der Waals surface area contributed by atoms with Crippen LogP contribution in [0.5, 0.6) is 5.75 Å². The molecule has 14 heavy (non-hydrogen) atoms. The fourth-order valence-corrected chi connectivity index (χ4v) is 2.64. The average Bonchev–Trinajstić information content (AvgIpc) is 2.38. The van der Waals surface area contributed by atoms with E-state index in [-0.39, 0.29) is 5.78 Å². The van der Waals surface area contributed by atoms with Gasteiger partial charge in [-0.05, 0) is 6.07 Å². The van der Waals surface area contributed by atoms with Crippen molar-refractivity contribution in [1.29, 1.82) is 0 Å². The zero-order valence-electron chi connectivity index (χ0n) is 7.51. The minimum absolute atomic E-state index is 0.0615. The number of methoxy groups -OCH3 is 1. The third-order valence-electron chi connectivity index (χ3n) is 2.33. The number of fused-ring (bicyclic) bond motifs is 1. The zero-order chi connectivity index (χ0) is 10.3. The first-order chi connectivity index (χ1) is 6.56. The number of alkyl halides is 2. The van der Waals surface area contributed by atoms with E-state index >= 15 is 0 Å². The van der Waals surface area contributed by atoms with Gasteiger partial charge in [-0.1, -0.05) is 44.0 Å². The number of carbonyl (C=O) groups is 1. The van der Waals surface area contributed by atoms with E-state index in [1.807, 2.05) is 18.2 Å². The van der Waals surface area contributed by atoms with Crippen LogP contribution in [0.1, 0.15) is 15.9 Å². The van der Waals surface area contributed by atoms with Crippen molar-refractivity contribution >= 4 is 37.6 Å². The lowest BCUT2D eigenvalue weighted by Crippen LogP contribution is -2.19. The first-order valence-corrected chi connectivity index (χ1v) is 5.73. The molecule has 0 saturated heterocycles. The molecule has 0 aromatic heterocycles. The van der Waals surface area contributed by atoms with Gasteiger partial charge in [-0.25, -0.2) is 0 Å². The molecule has 0 N–H and O–H groups in total. The maximum atomic E-state index is 11.8. The van der Waals surface area contributed by atoms with E-state index in [1.165, 1.54) is 0 Å². The molecule has 0 unspecified atom stereocenters. The number of rotatable bonds is 1. The van der Waals surface area contributed by atoms with Gasteiger partial charge < -0.3 is 4.74 Å². The second kappa shape index (κ2) is 3.35. The molecular weight excluding hydrogens is 312 g/mol. The maximum absolute atomic E-state index is 11.8. The van der Waals surface area contributed by atoms with Gasteiger partial charge in [-0.3, -0.25) is 4.79 Å². The van der Waals surface area contributed by atoms with Gasteiger partial charge in [0.05, 0.1) is 7.11 Å². The lowest BCUT2D eigenvalue weighted by molar-refractivity contribution is 0.0994. The quantitative estimate of drug-likeness (QED) is 0.744. The molecular formula is C10H8Br2O2. The second-order valence-corrected chi connectivity index (χ2v) is 6.97. The Balaban J connectivity index is 2.58. The fraction of sp³-hybridized carbons (Fsp3) is 0.300. The van der Waals surface area contributed by atoms with Crippen molar-refractivity contribution < 1.29 is 9.53 Å². The van der Waals surface area contributed by atoms with Crippen LogP contribution in [-0.4, -0.2) is 16.1 Å². The average molecular weight is 320 g/mol. The predicted molar refractivity (Wildman–Crippen MR) is 61.6 cm³/mol. The number of hydrogen-bond donors (Lipinski definition) is 0. The molecule has 0 atom stereocenters. The summed E-state index contributed by atoms with van der Waals surface area (Å²) in [5.74, 6) is 0.836. The number of benzene rings is 1. The Bertz CT molecular complexity index is 399. The predicted octanol–water partition coefficient (Wildman–Crippen LogP) is 2.92. The molecule has 0 fully saturated rings. The first-order valence-electron chi connectivity index (χ1n) is 4.15. The lowest BCUT2D eigenvalue weighted by atomic mass is 10.1. The van der Waals surface area contributed by atoms with Crippen molar-refractivity contribution in [2.75, 3.05) is 7.11 Å². The molecule has 0 spiro atoms. The second-order valence-electron chi connectivity index (χ2n) is 3.20. The molecule has 0 saturated carbocycles. The van der Waals surface area contributed by atoms with Crippen molar-refractivity contribution in [3.05, 3.63) is 29.3 Å². The van der Waals surface area contributed by atoms with Crippen molar-refractivity contribution in [3.8, 4) is 5.75 Å². The van der Waals surface area contributed by atoms with Crippen LogP contribution in [0.4, 0.5) is 0 Å². The summed E-state index contributed by atoms with van der Waals surface area (Å²) in [5, 5.41) is 0. The van der Waals surface area contributed by atoms with Gasteiger partial charge in [0.2, 0.25) is 0 Å². The standard InChI is InChI=1S/C10H8Br2O2/c1-14-8-4-2-3-6-7(8)5-10(11,12)9(6)13/h2-4H,5H2,1H3. The molecule has 0 heterocycles. The molecule has 0 radical (unpaired) electrons. The molecule has 0 bridgehead atoms. The highest BCUT2D eigenvalue weighted by Gasteiger charge is 2.42. The van der Waals surface area contributed by atoms with Crippen LogP contribution in [0.3, 0.4) is 0 Å². The van der Waals surface area contributed by atoms with E-state index in [2.05, 4.69) is 31.9 Å². The van der Waals surface area contributed by atoms with E-state index in [0.29, 0.717) is 6.42 Å². The number of Topliss-reactive ketones (excluding diaryl/α,β-unsaturated/α-hetero) is 1. The monoisotopic (exact) mass is 318 g/mol. The Morgan fingerprint density at radius 2 is 2.14 bits per heavy atom. The van der Waals surface area contributed by atoms with E-state index in [4.69, 9.17) is 4.74 Å². The Labute approximate surface area is 98.9 Å². The molecule has 4 heteroatoms. The number of ether oxygens (including phenoxy) is 1. The Kier molecular flexibility index (Phi) is 2.43. The summed E-state index contributed by atoms with van der Waals surface area (Å²) in [7, 11) is 1.61. The summed E-state index contributed by atoms with van der Waals surface area (Å²) in [6.45, 7) is 0. The molecule has 74 valence electrons. The summed E-state index contributed by atoms with van der Waals surface area (Å²) in [5.41, 5.74) is 1.70. The third kappa shape index (κ3) is 1.41. The highest BCUT2D eigenvalue weighted by molar-refractivity contribution is 9.26. The van der Waals surface area contributed by atoms with Crippen LogP contribution in [-0.2, 0) is 6.42 Å². The smallest absolute Gasteiger partial charge is 0.190 e. The molecule has 2 nitrogen and oxygen atoms in total. The topological polar surface area (TPSA) is 26.3 Å². The van der Waals surface area contributed by atoms with Gasteiger partial charge in [0.25, 0.3) is 0 Å². The van der Waals surface area contributed by atoms with Gasteiger partial charge in [0.1, 0.15) is 8.98 Å². The Hall–Kier alpha value is -0.350. The molecule has 1 aromatic carbocycles. The van der Waals surface area contributed by atoms with Gasteiger partial charge in [0.15, 0.2) is 5.78 Å². The minimum Gasteiger partial charge on any atom is -0.496 e. The van der Waals surface area contributed by atoms with Gasteiger partial charge in [-0.15, -0.1) is 0 Å². The van der Waals surface area contributed by atoms with Crippen LogP contribution in [0.2, 0.25) is 0 Å². The SMILES string of the molecule is COc1cccc2c1CC(Br)(Br)C2=O. The van der Waals surface area contributed by atoms with Gasteiger partial charge in [0, 0.05) is 17.5 Å². The highest BCUT2D eigenvalue weighted by Crippen LogP contribution is 2.44. The third-order valence-corrected chi connectivity index (χ3v) is 3.61. The van der Waals surface area contributed by atoms with Crippen LogP contribution >= 0.6 is 31.9 Å². The van der Waals surface area contributed by atoms with E-state index in [9.17, 15) is 4.79 Å². The largest absolute Gasteiger partial charge is 0.496 e. The number of carbonyl (C=O) groups excluding carboxylic acids is 1. The Morgan fingerprint density at radius 1 is 1.43 bits per heavy atom. The molecule has 0 amide bonds. The summed E-state index contributed by atoms with van der Waals surface area (Å²) < 4.78 is 4.56. The van der Waals surface area contributed by atoms with Crippen LogP contribution in [0.25, 0.3) is 0 Å². The van der Waals surface area contributed by atoms with Gasteiger partial charge >= 0.3 is 0 Å². The van der Waals surface area contributed by atoms with Crippen molar-refractivity contribution in [2.24, 2.45) is 0 Å². The summed E-state index contributed by atoms with van der Waals surface area (Å²) in [6, 6.07) is 5.52. The lowest BCUT2D eigenvalue weighted by Gasteiger charge is -2.08. The van der Waals surface area contributed by atoms with Crippen LogP contribution in [0.15, 0.2) is 18.2 Å². The van der Waals surface area contributed by atoms with Crippen molar-refractivity contribution in [3.63, 3.8) is 0 Å². The number of hydrogen-bond acceptors (Lipinski definition) is 2. The van der Waals surface area contributed by atoms with Gasteiger partial charge in [-0.2, -0.15) is 0 Å². The summed E-state index contributed by atoms with van der Waals surface area (Å²) in [4.78, 5) is 11.8. The van der Waals surface area contributed by atoms with E-state index in [0.717, 1.165) is 16.9 Å². The molecule has 1 aromatic rings. The summed E-state index contributed by atoms with van der Waals surface area (Å²) in [6.07, 6.45) is 0.616. The maximum Gasteiger partial charge on any atom is 0.190 e. The minimum atomic E-state index is -0.642. The van der Waals surface area contributed by atoms with Crippen molar-refractivity contribution in [2.45, 2.75) is 9.65 Å². The Morgan fingerprint density at radius 3 is 2.79 bits per heavy atom. The molecule has 1 aliphatic carbocycles. The first kappa shape index (κ1) is 10.2. The van der Waals surface area contributed by atoms with Crippen molar-refractivity contribution in [1.82, 2.24) is 0 Å². The number of halogens is 2. The summed E-state index contributed by atoms with van der Waals surface area (Å²) >= 11 is 6.73. The zero-order valence-corrected chi connectivity index (χ0v) is 10.7. The van der Waals surface area contributed by atoms with E-state index < -0.39 is 3.23 Å². The molecule has 1 aliphatic rings. The van der Waals surface area contributed by atoms with Crippen LogP contribution < -0.4 is 4.74 Å². The fourth-order valence-electron chi connectivity index (χ4n) is 1.65. The highest BCUT2D eigenvalue weighted by atomic mass is 79.9. The van der Waals surface area contributed by atoms with E-state index in [1.54, 1.807) is 7.11 Å². The molecule has 2 rings (SSSR count). The van der Waals surface area contributed by atoms with Crippen LogP contribution in [0, 0.1) is 0 Å². The number of ketones is 1. The normalized spacial score (nSPS) is 18.1. The molecule has 0 aliphatic heterocycles.